The maximum absolute atomic E-state index is 12.0. The molecule has 2 aromatic rings. The number of H-pyrrole nitrogens is 1. The van der Waals surface area contributed by atoms with Crippen molar-refractivity contribution in [1.82, 2.24) is 15.2 Å². The first kappa shape index (κ1) is 14.6. The van der Waals surface area contributed by atoms with Crippen molar-refractivity contribution in [3.8, 4) is 0 Å². The van der Waals surface area contributed by atoms with Crippen molar-refractivity contribution in [2.45, 2.75) is 38.5 Å². The topological polar surface area (TPSA) is 96.7 Å². The minimum Gasteiger partial charge on any atom is -0.369 e. The van der Waals surface area contributed by atoms with Crippen molar-refractivity contribution in [1.29, 1.82) is 0 Å². The van der Waals surface area contributed by atoms with Crippen LogP contribution in [0.25, 0.3) is 0 Å². The molecule has 3 rings (SSSR count). The molecule has 1 aliphatic rings. The summed E-state index contributed by atoms with van der Waals surface area (Å²) in [6.45, 7) is 0. The fourth-order valence-electron chi connectivity index (χ4n) is 3.19. The van der Waals surface area contributed by atoms with Gasteiger partial charge in [0.2, 0.25) is 5.91 Å². The van der Waals surface area contributed by atoms with Gasteiger partial charge >= 0.3 is 0 Å². The van der Waals surface area contributed by atoms with Crippen LogP contribution in [0.3, 0.4) is 0 Å². The number of primary amides is 1. The van der Waals surface area contributed by atoms with Crippen LogP contribution < -0.4 is 11.1 Å². The third kappa shape index (κ3) is 3.10. The Bertz CT molecular complexity index is 632. The van der Waals surface area contributed by atoms with Gasteiger partial charge in [-0.3, -0.25) is 9.89 Å². The van der Waals surface area contributed by atoms with E-state index in [9.17, 15) is 4.79 Å². The Balaban J connectivity index is 1.78. The number of carbonyl (C=O) groups excluding carboxylic acids is 1. The molecule has 1 aliphatic carbocycles. The lowest BCUT2D eigenvalue weighted by atomic mass is 9.70. The van der Waals surface area contributed by atoms with Gasteiger partial charge in [-0.2, -0.15) is 5.10 Å². The van der Waals surface area contributed by atoms with Crippen molar-refractivity contribution in [3.63, 3.8) is 0 Å². The molecule has 4 N–H and O–H groups in total. The van der Waals surface area contributed by atoms with Gasteiger partial charge in [-0.15, -0.1) is 0 Å². The summed E-state index contributed by atoms with van der Waals surface area (Å²) in [6.07, 6.45) is 7.39. The number of aromatic amines is 1. The van der Waals surface area contributed by atoms with E-state index < -0.39 is 5.41 Å². The summed E-state index contributed by atoms with van der Waals surface area (Å²) in [4.78, 5) is 16.6. The van der Waals surface area contributed by atoms with Crippen LogP contribution in [0.15, 0.2) is 30.5 Å². The summed E-state index contributed by atoms with van der Waals surface area (Å²) in [5.74, 6) is 1.24. The standard InChI is InChI=1S/C16H21N5O/c17-15(22)16(8-2-1-3-9-16)11-12-5-4-6-13(19-12)20-14-7-10-18-21-14/h4-7,10H,1-3,8-9,11H2,(H2,17,22)(H2,18,19,20,21). The maximum atomic E-state index is 12.0. The quantitative estimate of drug-likeness (QED) is 0.790. The number of anilines is 2. The van der Waals surface area contributed by atoms with E-state index >= 15 is 0 Å². The van der Waals surface area contributed by atoms with Gasteiger partial charge in [0.05, 0.1) is 5.41 Å². The number of amides is 1. The zero-order valence-corrected chi connectivity index (χ0v) is 12.5. The summed E-state index contributed by atoms with van der Waals surface area (Å²) < 4.78 is 0. The molecule has 0 aliphatic heterocycles. The molecular formula is C16H21N5O. The van der Waals surface area contributed by atoms with Gasteiger partial charge in [-0.05, 0) is 25.0 Å². The average molecular weight is 299 g/mol. The van der Waals surface area contributed by atoms with Crippen LogP contribution in [0.2, 0.25) is 0 Å². The van der Waals surface area contributed by atoms with Crippen LogP contribution in [-0.2, 0) is 11.2 Å². The van der Waals surface area contributed by atoms with E-state index in [2.05, 4.69) is 20.5 Å². The van der Waals surface area contributed by atoms with Gasteiger partial charge in [0, 0.05) is 24.4 Å². The van der Waals surface area contributed by atoms with E-state index in [1.54, 1.807) is 6.20 Å². The highest BCUT2D eigenvalue weighted by Gasteiger charge is 2.38. The summed E-state index contributed by atoms with van der Waals surface area (Å²) in [5, 5.41) is 9.93. The van der Waals surface area contributed by atoms with Gasteiger partial charge < -0.3 is 11.1 Å². The third-order valence-electron chi connectivity index (χ3n) is 4.42. The van der Waals surface area contributed by atoms with Crippen LogP contribution in [0.5, 0.6) is 0 Å². The van der Waals surface area contributed by atoms with Gasteiger partial charge in [-0.1, -0.05) is 25.3 Å². The van der Waals surface area contributed by atoms with Crippen LogP contribution in [-0.4, -0.2) is 21.1 Å². The SMILES string of the molecule is NC(=O)C1(Cc2cccc(Nc3cc[nH]n3)n2)CCCCC1. The minimum atomic E-state index is -0.434. The lowest BCUT2D eigenvalue weighted by Gasteiger charge is -2.34. The lowest BCUT2D eigenvalue weighted by molar-refractivity contribution is -0.129. The minimum absolute atomic E-state index is 0.195. The first-order chi connectivity index (χ1) is 10.7. The summed E-state index contributed by atoms with van der Waals surface area (Å²) in [6, 6.07) is 7.61. The first-order valence-corrected chi connectivity index (χ1v) is 7.71. The fraction of sp³-hybridized carbons (Fsp3) is 0.438. The number of carbonyl (C=O) groups is 1. The normalized spacial score (nSPS) is 17.1. The van der Waals surface area contributed by atoms with Gasteiger partial charge in [0.25, 0.3) is 0 Å². The molecule has 0 aromatic carbocycles. The monoisotopic (exact) mass is 299 g/mol. The first-order valence-electron chi connectivity index (χ1n) is 7.71. The second-order valence-electron chi connectivity index (χ2n) is 5.98. The second kappa shape index (κ2) is 6.17. The number of nitrogens with zero attached hydrogens (tertiary/aromatic N) is 2. The molecule has 0 unspecified atom stereocenters. The highest BCUT2D eigenvalue weighted by molar-refractivity contribution is 5.81. The Morgan fingerprint density at radius 1 is 1.23 bits per heavy atom. The molecule has 2 heterocycles. The Morgan fingerprint density at radius 2 is 2.05 bits per heavy atom. The van der Waals surface area contributed by atoms with Crippen molar-refractivity contribution in [2.24, 2.45) is 11.1 Å². The Morgan fingerprint density at radius 3 is 2.73 bits per heavy atom. The summed E-state index contributed by atoms with van der Waals surface area (Å²) in [5.41, 5.74) is 6.16. The molecule has 1 amide bonds. The number of nitrogens with two attached hydrogens (primary N) is 1. The van der Waals surface area contributed by atoms with Crippen molar-refractivity contribution in [2.75, 3.05) is 5.32 Å². The van der Waals surface area contributed by atoms with Crippen LogP contribution in [0.1, 0.15) is 37.8 Å². The molecular weight excluding hydrogens is 278 g/mol. The summed E-state index contributed by atoms with van der Waals surface area (Å²) in [7, 11) is 0. The molecule has 2 aromatic heterocycles. The third-order valence-corrected chi connectivity index (χ3v) is 4.42. The molecule has 1 fully saturated rings. The Labute approximate surface area is 129 Å². The average Bonchev–Trinajstić information content (AvgIpc) is 3.01. The molecule has 0 saturated heterocycles. The van der Waals surface area contributed by atoms with Crippen molar-refractivity contribution in [3.05, 3.63) is 36.2 Å². The van der Waals surface area contributed by atoms with E-state index in [4.69, 9.17) is 5.73 Å². The molecule has 1 saturated carbocycles. The number of hydrogen-bond acceptors (Lipinski definition) is 4. The van der Waals surface area contributed by atoms with Crippen LogP contribution in [0, 0.1) is 5.41 Å². The van der Waals surface area contributed by atoms with E-state index in [1.807, 2.05) is 24.3 Å². The van der Waals surface area contributed by atoms with E-state index in [1.165, 1.54) is 6.42 Å². The highest BCUT2D eigenvalue weighted by Crippen LogP contribution is 2.38. The zero-order chi connectivity index (χ0) is 15.4. The Kier molecular flexibility index (Phi) is 4.09. The molecule has 116 valence electrons. The largest absolute Gasteiger partial charge is 0.369 e. The lowest BCUT2D eigenvalue weighted by Crippen LogP contribution is -2.40. The number of aromatic nitrogens is 3. The smallest absolute Gasteiger partial charge is 0.224 e. The molecule has 6 heteroatoms. The van der Waals surface area contributed by atoms with Crippen molar-refractivity contribution < 1.29 is 4.79 Å². The zero-order valence-electron chi connectivity index (χ0n) is 12.5. The van der Waals surface area contributed by atoms with E-state index in [-0.39, 0.29) is 5.91 Å². The number of pyridine rings is 1. The van der Waals surface area contributed by atoms with Crippen LogP contribution in [0.4, 0.5) is 11.6 Å². The number of rotatable bonds is 5. The van der Waals surface area contributed by atoms with E-state index in [0.29, 0.717) is 12.2 Å². The predicted molar refractivity (Wildman–Crippen MR) is 84.5 cm³/mol. The van der Waals surface area contributed by atoms with Crippen molar-refractivity contribution >= 4 is 17.5 Å². The second-order valence-corrected chi connectivity index (χ2v) is 5.98. The maximum Gasteiger partial charge on any atom is 0.224 e. The van der Waals surface area contributed by atoms with E-state index in [0.717, 1.165) is 37.2 Å². The number of hydrogen-bond donors (Lipinski definition) is 3. The molecule has 6 nitrogen and oxygen atoms in total. The highest BCUT2D eigenvalue weighted by atomic mass is 16.1. The van der Waals surface area contributed by atoms with Gasteiger partial charge in [-0.25, -0.2) is 4.98 Å². The molecule has 0 bridgehead atoms. The molecule has 0 spiro atoms. The van der Waals surface area contributed by atoms with Gasteiger partial charge in [0.1, 0.15) is 5.82 Å². The molecule has 22 heavy (non-hydrogen) atoms. The summed E-state index contributed by atoms with van der Waals surface area (Å²) >= 11 is 0. The molecule has 0 atom stereocenters. The van der Waals surface area contributed by atoms with Crippen LogP contribution >= 0.6 is 0 Å². The van der Waals surface area contributed by atoms with Gasteiger partial charge in [0.15, 0.2) is 5.82 Å². The molecule has 0 radical (unpaired) electrons. The fourth-order valence-corrected chi connectivity index (χ4v) is 3.19. The predicted octanol–water partition coefficient (Wildman–Crippen LogP) is 2.53. The number of nitrogens with one attached hydrogen (secondary N) is 2. The Hall–Kier alpha value is -2.37.